The fraction of sp³-hybridized carbons (Fsp3) is 1.00. The zero-order valence-electron chi connectivity index (χ0n) is 12.9. The Morgan fingerprint density at radius 3 is 1.35 bits per heavy atom. The zero-order chi connectivity index (χ0) is 13.5. The van der Waals surface area contributed by atoms with Crippen molar-refractivity contribution >= 4 is 0 Å². The first-order valence-corrected chi connectivity index (χ1v) is 6.86. The Morgan fingerprint density at radius 2 is 1.12 bits per heavy atom. The standard InChI is InChI=1S/C14H34N2O/c1-15(2,3)11-7-9-14(13-17)10-8-12-16(4,5)6/h14,17H,7-13H2,1-6H3/q+2. The minimum Gasteiger partial charge on any atom is -0.396 e. The smallest absolute Gasteiger partial charge is 0.0780 e. The third kappa shape index (κ3) is 12.1. The average Bonchev–Trinajstić information content (AvgIpc) is 2.11. The molecule has 17 heavy (non-hydrogen) atoms. The Labute approximate surface area is 108 Å². The summed E-state index contributed by atoms with van der Waals surface area (Å²) in [6.45, 7) is 2.76. The number of hydrogen-bond donors (Lipinski definition) is 1. The second kappa shape index (κ2) is 7.34. The molecule has 0 saturated heterocycles. The number of aliphatic hydroxyl groups is 1. The van der Waals surface area contributed by atoms with Crippen molar-refractivity contribution in [1.82, 2.24) is 0 Å². The molecule has 0 aromatic rings. The maximum atomic E-state index is 9.37. The molecule has 0 heterocycles. The van der Waals surface area contributed by atoms with E-state index < -0.39 is 0 Å². The molecular formula is C14H34N2O+2. The van der Waals surface area contributed by atoms with Crippen molar-refractivity contribution in [2.24, 2.45) is 5.92 Å². The van der Waals surface area contributed by atoms with Crippen LogP contribution in [0.4, 0.5) is 0 Å². The maximum Gasteiger partial charge on any atom is 0.0780 e. The van der Waals surface area contributed by atoms with E-state index in [9.17, 15) is 5.11 Å². The maximum absolute atomic E-state index is 9.37. The highest BCUT2D eigenvalue weighted by Crippen LogP contribution is 2.14. The summed E-state index contributed by atoms with van der Waals surface area (Å²) in [4.78, 5) is 0. The molecule has 0 aliphatic carbocycles. The molecule has 0 aromatic heterocycles. The highest BCUT2D eigenvalue weighted by Gasteiger charge is 2.13. The van der Waals surface area contributed by atoms with Gasteiger partial charge in [0, 0.05) is 6.61 Å². The molecule has 0 atom stereocenters. The van der Waals surface area contributed by atoms with Crippen LogP contribution < -0.4 is 0 Å². The van der Waals surface area contributed by atoms with E-state index in [2.05, 4.69) is 42.3 Å². The van der Waals surface area contributed by atoms with Gasteiger partial charge < -0.3 is 14.1 Å². The van der Waals surface area contributed by atoms with E-state index in [0.29, 0.717) is 12.5 Å². The SMILES string of the molecule is C[N+](C)(C)CCCC(CO)CCC[N+](C)(C)C. The van der Waals surface area contributed by atoms with Gasteiger partial charge in [0.15, 0.2) is 0 Å². The van der Waals surface area contributed by atoms with Gasteiger partial charge in [-0.25, -0.2) is 0 Å². The number of hydrogen-bond acceptors (Lipinski definition) is 1. The van der Waals surface area contributed by atoms with Crippen LogP contribution in [0.1, 0.15) is 25.7 Å². The summed E-state index contributed by atoms with van der Waals surface area (Å²) in [5, 5.41) is 9.37. The normalized spacial score (nSPS) is 13.4. The van der Waals surface area contributed by atoms with E-state index in [4.69, 9.17) is 0 Å². The molecular weight excluding hydrogens is 212 g/mol. The molecule has 0 aliphatic rings. The lowest BCUT2D eigenvalue weighted by Crippen LogP contribution is -2.36. The van der Waals surface area contributed by atoms with E-state index >= 15 is 0 Å². The predicted octanol–water partition coefficient (Wildman–Crippen LogP) is 1.57. The molecule has 0 aliphatic heterocycles. The molecule has 104 valence electrons. The topological polar surface area (TPSA) is 20.2 Å². The van der Waals surface area contributed by atoms with Crippen molar-refractivity contribution < 1.29 is 14.1 Å². The third-order valence-corrected chi connectivity index (χ3v) is 3.14. The van der Waals surface area contributed by atoms with Crippen molar-refractivity contribution in [1.29, 1.82) is 0 Å². The summed E-state index contributed by atoms with van der Waals surface area (Å²) >= 11 is 0. The fourth-order valence-electron chi connectivity index (χ4n) is 2.04. The number of nitrogens with zero attached hydrogens (tertiary/aromatic N) is 2. The van der Waals surface area contributed by atoms with Gasteiger partial charge in [0.25, 0.3) is 0 Å². The van der Waals surface area contributed by atoms with Crippen LogP contribution in [0.25, 0.3) is 0 Å². The first kappa shape index (κ1) is 16.9. The van der Waals surface area contributed by atoms with Crippen LogP contribution in [0, 0.1) is 5.92 Å². The Morgan fingerprint density at radius 1 is 0.765 bits per heavy atom. The van der Waals surface area contributed by atoms with Crippen LogP contribution >= 0.6 is 0 Å². The second-order valence-electron chi connectivity index (χ2n) is 7.36. The molecule has 0 bridgehead atoms. The summed E-state index contributed by atoms with van der Waals surface area (Å²) in [6, 6.07) is 0. The van der Waals surface area contributed by atoms with Gasteiger partial charge in [-0.1, -0.05) is 0 Å². The molecule has 0 fully saturated rings. The minimum absolute atomic E-state index is 0.355. The Hall–Kier alpha value is -0.120. The van der Waals surface area contributed by atoms with Crippen molar-refractivity contribution in [2.45, 2.75) is 25.7 Å². The molecule has 3 heteroatoms. The predicted molar refractivity (Wildman–Crippen MR) is 74.8 cm³/mol. The molecule has 0 unspecified atom stereocenters. The minimum atomic E-state index is 0.355. The first-order chi connectivity index (χ1) is 7.64. The second-order valence-corrected chi connectivity index (χ2v) is 7.36. The number of aliphatic hydroxyl groups excluding tert-OH is 1. The van der Waals surface area contributed by atoms with E-state index in [1.807, 2.05) is 0 Å². The number of quaternary nitrogens is 2. The van der Waals surface area contributed by atoms with Crippen molar-refractivity contribution in [3.63, 3.8) is 0 Å². The van der Waals surface area contributed by atoms with Gasteiger partial charge in [0.05, 0.1) is 55.4 Å². The lowest BCUT2D eigenvalue weighted by molar-refractivity contribution is -0.870. The van der Waals surface area contributed by atoms with Crippen LogP contribution in [-0.2, 0) is 0 Å². The molecule has 0 spiro atoms. The summed E-state index contributed by atoms with van der Waals surface area (Å²) in [5.74, 6) is 0.507. The van der Waals surface area contributed by atoms with Crippen LogP contribution in [0.15, 0.2) is 0 Å². The molecule has 0 aromatic carbocycles. The van der Waals surface area contributed by atoms with E-state index in [1.165, 1.54) is 38.8 Å². The van der Waals surface area contributed by atoms with Crippen molar-refractivity contribution in [3.05, 3.63) is 0 Å². The van der Waals surface area contributed by atoms with E-state index in [1.54, 1.807) is 0 Å². The molecule has 3 nitrogen and oxygen atoms in total. The average molecular weight is 246 g/mol. The summed E-state index contributed by atoms with van der Waals surface area (Å²) in [6.07, 6.45) is 4.78. The van der Waals surface area contributed by atoms with E-state index in [-0.39, 0.29) is 0 Å². The van der Waals surface area contributed by atoms with Crippen molar-refractivity contribution in [2.75, 3.05) is 62.0 Å². The molecule has 0 saturated carbocycles. The molecule has 1 N–H and O–H groups in total. The van der Waals surface area contributed by atoms with Crippen LogP contribution in [0.3, 0.4) is 0 Å². The van der Waals surface area contributed by atoms with Gasteiger partial charge in [-0.2, -0.15) is 0 Å². The van der Waals surface area contributed by atoms with E-state index in [0.717, 1.165) is 8.97 Å². The highest BCUT2D eigenvalue weighted by molar-refractivity contribution is 4.58. The Bertz CT molecular complexity index is 171. The first-order valence-electron chi connectivity index (χ1n) is 6.86. The van der Waals surface area contributed by atoms with Gasteiger partial charge in [-0.05, 0) is 31.6 Å². The van der Waals surface area contributed by atoms with Gasteiger partial charge in [0.2, 0.25) is 0 Å². The summed E-state index contributed by atoms with van der Waals surface area (Å²) in [7, 11) is 13.4. The lowest BCUT2D eigenvalue weighted by atomic mass is 9.98. The molecule has 0 radical (unpaired) electrons. The fourth-order valence-corrected chi connectivity index (χ4v) is 2.04. The van der Waals surface area contributed by atoms with Gasteiger partial charge in [-0.3, -0.25) is 0 Å². The largest absolute Gasteiger partial charge is 0.396 e. The van der Waals surface area contributed by atoms with Crippen LogP contribution in [0.5, 0.6) is 0 Å². The van der Waals surface area contributed by atoms with Gasteiger partial charge in [-0.15, -0.1) is 0 Å². The van der Waals surface area contributed by atoms with Crippen LogP contribution in [-0.4, -0.2) is 76.1 Å². The molecule has 0 rings (SSSR count). The van der Waals surface area contributed by atoms with Gasteiger partial charge in [0.1, 0.15) is 0 Å². The quantitative estimate of drug-likeness (QED) is 0.612. The Balaban J connectivity index is 3.70. The number of rotatable bonds is 9. The molecule has 0 amide bonds. The van der Waals surface area contributed by atoms with Gasteiger partial charge >= 0.3 is 0 Å². The monoisotopic (exact) mass is 246 g/mol. The third-order valence-electron chi connectivity index (χ3n) is 3.14. The lowest BCUT2D eigenvalue weighted by Gasteiger charge is -2.26. The summed E-state index contributed by atoms with van der Waals surface area (Å²) in [5.41, 5.74) is 0. The summed E-state index contributed by atoms with van der Waals surface area (Å²) < 4.78 is 2.05. The van der Waals surface area contributed by atoms with Crippen LogP contribution in [0.2, 0.25) is 0 Å². The Kier molecular flexibility index (Phi) is 7.29. The zero-order valence-corrected chi connectivity index (χ0v) is 12.9. The highest BCUT2D eigenvalue weighted by atomic mass is 16.3. The van der Waals surface area contributed by atoms with Crippen molar-refractivity contribution in [3.8, 4) is 0 Å².